The molecule has 0 bridgehead atoms. The zero-order chi connectivity index (χ0) is 77.9. The standard InChI is InChI=1S/C10H18O2.C8H11F3O4S.C8H14O.C7H9ClO.C7H12O2.C7H12O.C7H10O.C5H10O.C5H8O.C4H8O2.C2Cl2/c1-5-6-7-9(12)10(3,4)8(2)11;1-5(12)7(3,4)6(2)15-16(13,14)8(9,10)11;1-5-6-8(3,4)7(2)9;1-6(9)7(2,3)4-5-8;1-5(8)7(3,4)6(2)9;2*1-5-7(3,4)6(2)8;1-4(2)5(3)6;1-2-3-4-5-6;1-3(2)4(5)6;3-1-2-4/h5-6,9,12H,7H2,1-4H3;2H2,1,3-4H3;5-6H,1-4H3;1-3H3;1-4H3;5H,1H2,2-4H3;1H,2-4H3;4H,1-3H3;2-3,5H,4H2,1H3;3H,1-2H3,(H,5,6);/b6-5+;;6-5+;;;;;;3-2+;;. The number of aldehydes is 1. The van der Waals surface area contributed by atoms with Gasteiger partial charge in [-0.25, -0.2) is 0 Å². The van der Waals surface area contributed by atoms with Crippen LogP contribution in [0.25, 0.3) is 0 Å². The normalized spacial score (nSPS) is 11.2. The fraction of sp³-hybridized carbons (Fsp3) is 0.614. The number of aliphatic hydroxyl groups excluding tert-OH is 1. The topological polar surface area (TPSA) is 272 Å². The van der Waals surface area contributed by atoms with Crippen molar-refractivity contribution in [1.82, 2.24) is 0 Å². The van der Waals surface area contributed by atoms with Crippen LogP contribution in [0, 0.1) is 84.1 Å². The van der Waals surface area contributed by atoms with E-state index in [1.165, 1.54) is 48.5 Å². The van der Waals surface area contributed by atoms with E-state index in [1.807, 2.05) is 110 Å². The Morgan fingerprint density at radius 1 is 0.559 bits per heavy atom. The lowest BCUT2D eigenvalue weighted by Crippen LogP contribution is -2.35. The number of carboxylic acid groups (broad SMARTS) is 1. The summed E-state index contributed by atoms with van der Waals surface area (Å²) in [5.41, 5.74) is -10.2. The highest BCUT2D eigenvalue weighted by molar-refractivity contribution is 7.87. The number of aliphatic carboxylic acids is 1. The van der Waals surface area contributed by atoms with Crippen molar-refractivity contribution in [3.8, 4) is 34.4 Å². The average Bonchev–Trinajstić information content (AvgIpc) is 0.829. The molecule has 0 saturated carbocycles. The number of carbonyl (C=O) groups is 11. The van der Waals surface area contributed by atoms with E-state index in [9.17, 15) is 79.4 Å². The Labute approximate surface area is 572 Å². The Balaban J connectivity index is -0.0000000899. The minimum Gasteiger partial charge on any atom is -0.481 e. The lowest BCUT2D eigenvalue weighted by Gasteiger charge is -2.26. The number of carbonyl (C=O) groups excluding carboxylic acids is 10. The Hall–Kier alpha value is -6.08. The number of alkyl halides is 3. The molecule has 0 aromatic heterocycles. The van der Waals surface area contributed by atoms with Gasteiger partial charge in [-0.1, -0.05) is 102 Å². The van der Waals surface area contributed by atoms with Crippen molar-refractivity contribution in [2.24, 2.45) is 49.7 Å². The monoisotopic (exact) mass is 1400 g/mol. The van der Waals surface area contributed by atoms with Crippen LogP contribution in [-0.2, 0) is 67.0 Å². The summed E-state index contributed by atoms with van der Waals surface area (Å²) in [6.45, 7) is 56.3. The third-order valence-corrected chi connectivity index (χ3v) is 14.7. The van der Waals surface area contributed by atoms with Gasteiger partial charge in [0.1, 0.15) is 64.1 Å². The minimum atomic E-state index is -5.77. The maximum atomic E-state index is 11.9. The van der Waals surface area contributed by atoms with Crippen LogP contribution in [0.2, 0.25) is 0 Å². The Morgan fingerprint density at radius 2 is 0.892 bits per heavy atom. The summed E-state index contributed by atoms with van der Waals surface area (Å²) in [5.74, 6) is 3.48. The molecule has 0 aliphatic heterocycles. The van der Waals surface area contributed by atoms with Gasteiger partial charge < -0.3 is 19.2 Å². The predicted molar refractivity (Wildman–Crippen MR) is 373 cm³/mol. The van der Waals surface area contributed by atoms with Gasteiger partial charge in [-0.05, 0) is 207 Å². The van der Waals surface area contributed by atoms with Gasteiger partial charge in [-0.2, -0.15) is 21.6 Å². The average molecular weight is 1410 g/mol. The summed E-state index contributed by atoms with van der Waals surface area (Å²) in [7, 11) is -5.77. The molecule has 2 N–H and O–H groups in total. The number of hydrogen-bond acceptors (Lipinski definition) is 15. The first kappa shape index (κ1) is 111. The van der Waals surface area contributed by atoms with Crippen molar-refractivity contribution in [2.45, 2.75) is 232 Å². The fourth-order valence-corrected chi connectivity index (χ4v) is 3.50. The van der Waals surface area contributed by atoms with Crippen LogP contribution >= 0.6 is 34.8 Å². The van der Waals surface area contributed by atoms with Gasteiger partial charge in [-0.3, -0.25) is 47.9 Å². The number of ketones is 9. The smallest absolute Gasteiger partial charge is 0.481 e. The van der Waals surface area contributed by atoms with Gasteiger partial charge in [0.05, 0.1) is 33.7 Å². The van der Waals surface area contributed by atoms with Crippen LogP contribution in [-0.4, -0.2) is 94.5 Å². The van der Waals surface area contributed by atoms with E-state index in [1.54, 1.807) is 96.1 Å². The molecule has 0 heterocycles. The second-order valence-electron chi connectivity index (χ2n) is 24.3. The number of aliphatic hydroxyl groups is 1. The molecule has 93 heavy (non-hydrogen) atoms. The number of Topliss-reactive ketones (excluding diaryl/α,β-unsaturated/α-hetero) is 9. The fourth-order valence-electron chi connectivity index (χ4n) is 2.70. The van der Waals surface area contributed by atoms with Crippen LogP contribution in [0.15, 0.2) is 61.4 Å². The molecule has 0 aliphatic carbocycles. The SMILES string of the molecule is C#CC(C)(C)C(C)=O.C/C=C/C(C)(C)C(C)=O.C/C=C/CC(O)C(C)(C)C(C)=O.C/C=C/CC=O.C=C(OS(=O)(=O)C(F)(F)F)C(C)(C)C(C)=O.C=CC(C)(C)C(C)=O.CC(=O)C(C)(C)C#CCl.CC(=O)C(C)(C)C(C)=O.CC(=O)C(C)C.CC(C)C(=O)O.ClC#CCl. The van der Waals surface area contributed by atoms with E-state index in [-0.39, 0.29) is 68.9 Å². The molecule has 0 rings (SSSR count). The molecular weight excluding hydrogens is 1290 g/mol. The summed E-state index contributed by atoms with van der Waals surface area (Å²) in [6.07, 6.45) is 19.3. The predicted octanol–water partition coefficient (Wildman–Crippen LogP) is 16.6. The van der Waals surface area contributed by atoms with E-state index in [0.717, 1.165) is 13.2 Å². The highest BCUT2D eigenvalue weighted by atomic mass is 35.5. The molecule has 0 fully saturated rings. The van der Waals surface area contributed by atoms with Crippen molar-refractivity contribution in [3.63, 3.8) is 0 Å². The Kier molecular flexibility index (Phi) is 66.1. The van der Waals surface area contributed by atoms with Crippen molar-refractivity contribution in [3.05, 3.63) is 61.4 Å². The molecule has 536 valence electrons. The van der Waals surface area contributed by atoms with Crippen molar-refractivity contribution in [1.29, 1.82) is 0 Å². The first-order valence-corrected chi connectivity index (χ1v) is 31.3. The number of allylic oxidation sites excluding steroid dienone is 7. The first-order valence-electron chi connectivity index (χ1n) is 28.7. The van der Waals surface area contributed by atoms with Gasteiger partial charge >= 0.3 is 21.6 Å². The first-order chi connectivity index (χ1) is 41.3. The van der Waals surface area contributed by atoms with Gasteiger partial charge in [0.25, 0.3) is 0 Å². The molecular formula is C70H112Cl3F3O16S. The minimum absolute atomic E-state index is 0.0273. The van der Waals surface area contributed by atoms with Gasteiger partial charge in [0, 0.05) is 44.7 Å². The molecule has 0 saturated heterocycles. The maximum Gasteiger partial charge on any atom is 0.534 e. The van der Waals surface area contributed by atoms with Crippen LogP contribution in [0.4, 0.5) is 13.2 Å². The van der Waals surface area contributed by atoms with Gasteiger partial charge in [-0.15, -0.1) is 13.0 Å². The zero-order valence-corrected chi connectivity index (χ0v) is 64.1. The summed E-state index contributed by atoms with van der Waals surface area (Å²) >= 11 is 14.5. The van der Waals surface area contributed by atoms with Gasteiger partial charge in [0.2, 0.25) is 0 Å². The second-order valence-corrected chi connectivity index (χ2v) is 26.4. The molecule has 0 spiro atoms. The largest absolute Gasteiger partial charge is 0.534 e. The molecule has 0 aliphatic rings. The summed E-state index contributed by atoms with van der Waals surface area (Å²) < 4.78 is 60.8. The highest BCUT2D eigenvalue weighted by Gasteiger charge is 2.50. The Bertz CT molecular complexity index is 2700. The molecule has 0 radical (unpaired) electrons. The number of rotatable bonds is 20. The molecule has 0 amide bonds. The van der Waals surface area contributed by atoms with E-state index in [0.29, 0.717) is 12.8 Å². The van der Waals surface area contributed by atoms with Crippen molar-refractivity contribution >= 4 is 109 Å². The number of terminal acetylenes is 1. The van der Waals surface area contributed by atoms with E-state index < -0.39 is 66.3 Å². The zero-order valence-electron chi connectivity index (χ0n) is 61.0. The van der Waals surface area contributed by atoms with E-state index in [4.69, 9.17) is 46.3 Å². The lowest BCUT2D eigenvalue weighted by atomic mass is 9.81. The maximum absolute atomic E-state index is 11.9. The van der Waals surface area contributed by atoms with Crippen molar-refractivity contribution < 1.29 is 88.7 Å². The molecule has 0 aromatic carbocycles. The van der Waals surface area contributed by atoms with E-state index >= 15 is 0 Å². The van der Waals surface area contributed by atoms with Crippen LogP contribution in [0.5, 0.6) is 0 Å². The second kappa shape index (κ2) is 55.2. The number of hydrogen-bond donors (Lipinski definition) is 2. The van der Waals surface area contributed by atoms with Crippen LogP contribution < -0.4 is 0 Å². The summed E-state index contributed by atoms with van der Waals surface area (Å²) in [4.78, 5) is 116. The molecule has 1 unspecified atom stereocenters. The molecule has 16 nitrogen and oxygen atoms in total. The van der Waals surface area contributed by atoms with Crippen LogP contribution in [0.3, 0.4) is 0 Å². The third-order valence-electron chi connectivity index (χ3n) is 13.4. The lowest BCUT2D eigenvalue weighted by molar-refractivity contribution is -0.140. The Morgan fingerprint density at radius 3 is 1.01 bits per heavy atom. The van der Waals surface area contributed by atoms with Crippen LogP contribution in [0.1, 0.15) is 221 Å². The summed E-state index contributed by atoms with van der Waals surface area (Å²) in [5, 5.41) is 23.6. The van der Waals surface area contributed by atoms with E-state index in [2.05, 4.69) is 34.6 Å². The molecule has 23 heteroatoms. The highest BCUT2D eigenvalue weighted by Crippen LogP contribution is 2.33. The molecule has 0 aromatic rings. The third kappa shape index (κ3) is 63.1. The molecule has 1 atom stereocenters. The number of halogens is 6. The quantitative estimate of drug-likeness (QED) is 0.0218. The van der Waals surface area contributed by atoms with Gasteiger partial charge in [0.15, 0.2) is 0 Å². The number of carboxylic acids is 1. The van der Waals surface area contributed by atoms with Crippen molar-refractivity contribution in [2.75, 3.05) is 0 Å². The summed E-state index contributed by atoms with van der Waals surface area (Å²) in [6, 6.07) is 0.